The molecule has 2 aromatic rings. The number of fused-ring (bicyclic) bond motifs is 1. The van der Waals surface area contributed by atoms with E-state index in [1.165, 1.54) is 6.07 Å². The second kappa shape index (κ2) is 7.64. The van der Waals surface area contributed by atoms with Gasteiger partial charge in [-0.25, -0.2) is 8.78 Å². The Morgan fingerprint density at radius 3 is 2.50 bits per heavy atom. The van der Waals surface area contributed by atoms with E-state index in [4.69, 9.17) is 0 Å². The van der Waals surface area contributed by atoms with Crippen LogP contribution in [0.2, 0.25) is 0 Å². The minimum Gasteiger partial charge on any atom is -0.507 e. The summed E-state index contributed by atoms with van der Waals surface area (Å²) in [6, 6.07) is 3.57. The molecule has 3 heterocycles. The fraction of sp³-hybridized carbons (Fsp3) is 0.500. The van der Waals surface area contributed by atoms with Crippen LogP contribution >= 0.6 is 0 Å². The standard InChI is InChI=1S/C20H21F5N4O/c1-28-6-4-11-5-7-29(15(11)10-28)17-9-14(19(21)22)18(27-26-17)13-3-2-12(8-16(13)30)20(23,24)25/h2-3,8-9,11,15,19,30H,4-7,10H2,1H3/t11-,15-/m0/s1. The lowest BCUT2D eigenvalue weighted by molar-refractivity contribution is -0.137. The monoisotopic (exact) mass is 428 g/mol. The van der Waals surface area contributed by atoms with Gasteiger partial charge in [-0.3, -0.25) is 0 Å². The summed E-state index contributed by atoms with van der Waals surface area (Å²) < 4.78 is 66.1. The number of aromatic hydroxyl groups is 1. The molecule has 1 N–H and O–H groups in total. The van der Waals surface area contributed by atoms with Crippen molar-refractivity contribution in [2.24, 2.45) is 5.92 Å². The highest BCUT2D eigenvalue weighted by molar-refractivity contribution is 5.71. The van der Waals surface area contributed by atoms with Crippen LogP contribution in [-0.4, -0.2) is 52.9 Å². The Hall–Kier alpha value is -2.49. The van der Waals surface area contributed by atoms with Gasteiger partial charge in [0.05, 0.1) is 5.56 Å². The van der Waals surface area contributed by atoms with E-state index >= 15 is 0 Å². The van der Waals surface area contributed by atoms with Crippen molar-refractivity contribution in [1.29, 1.82) is 0 Å². The molecular weight excluding hydrogens is 407 g/mol. The molecule has 30 heavy (non-hydrogen) atoms. The van der Waals surface area contributed by atoms with Crippen LogP contribution in [0.1, 0.15) is 30.4 Å². The van der Waals surface area contributed by atoms with Gasteiger partial charge in [0, 0.05) is 30.3 Å². The van der Waals surface area contributed by atoms with E-state index in [1.807, 2.05) is 11.9 Å². The number of hydrogen-bond donors (Lipinski definition) is 1. The molecule has 4 rings (SSSR count). The topological polar surface area (TPSA) is 52.5 Å². The number of aromatic nitrogens is 2. The first-order chi connectivity index (χ1) is 14.1. The first-order valence-corrected chi connectivity index (χ1v) is 9.66. The number of likely N-dealkylation sites (N-methyl/N-ethyl adjacent to an activating group) is 1. The maximum Gasteiger partial charge on any atom is 0.416 e. The Balaban J connectivity index is 1.70. The van der Waals surface area contributed by atoms with Crippen molar-refractivity contribution in [2.75, 3.05) is 31.6 Å². The molecule has 0 bridgehead atoms. The number of alkyl halides is 5. The van der Waals surface area contributed by atoms with Gasteiger partial charge in [-0.15, -0.1) is 10.2 Å². The average Bonchev–Trinajstić information content (AvgIpc) is 3.09. The molecule has 1 aromatic heterocycles. The van der Waals surface area contributed by atoms with E-state index in [0.29, 0.717) is 24.3 Å². The second-order valence-corrected chi connectivity index (χ2v) is 7.90. The third-order valence-corrected chi connectivity index (χ3v) is 5.99. The van der Waals surface area contributed by atoms with Crippen LogP contribution in [0.25, 0.3) is 11.3 Å². The number of nitrogens with zero attached hydrogens (tertiary/aromatic N) is 4. The van der Waals surface area contributed by atoms with Gasteiger partial charge in [0.25, 0.3) is 6.43 Å². The van der Waals surface area contributed by atoms with Crippen LogP contribution in [0.3, 0.4) is 0 Å². The molecule has 5 nitrogen and oxygen atoms in total. The molecule has 0 amide bonds. The number of phenols is 1. The summed E-state index contributed by atoms with van der Waals surface area (Å²) in [4.78, 5) is 4.17. The number of rotatable bonds is 3. The zero-order valence-electron chi connectivity index (χ0n) is 16.2. The second-order valence-electron chi connectivity index (χ2n) is 7.90. The molecule has 2 aliphatic rings. The molecule has 2 saturated heterocycles. The fourth-order valence-corrected chi connectivity index (χ4v) is 4.40. The number of benzene rings is 1. The number of anilines is 1. The van der Waals surface area contributed by atoms with E-state index in [0.717, 1.165) is 38.1 Å². The third-order valence-electron chi connectivity index (χ3n) is 5.99. The normalized spacial score (nSPS) is 22.6. The summed E-state index contributed by atoms with van der Waals surface area (Å²) >= 11 is 0. The molecule has 0 saturated carbocycles. The van der Waals surface area contributed by atoms with E-state index < -0.39 is 29.5 Å². The van der Waals surface area contributed by atoms with Crippen LogP contribution in [-0.2, 0) is 6.18 Å². The van der Waals surface area contributed by atoms with E-state index in [9.17, 15) is 27.1 Å². The van der Waals surface area contributed by atoms with Crippen LogP contribution in [0.4, 0.5) is 27.8 Å². The quantitative estimate of drug-likeness (QED) is 0.738. The van der Waals surface area contributed by atoms with Crippen molar-refractivity contribution in [3.8, 4) is 17.0 Å². The van der Waals surface area contributed by atoms with Crippen molar-refractivity contribution in [3.05, 3.63) is 35.4 Å². The fourth-order valence-electron chi connectivity index (χ4n) is 4.40. The van der Waals surface area contributed by atoms with Gasteiger partial charge >= 0.3 is 6.18 Å². The molecule has 162 valence electrons. The van der Waals surface area contributed by atoms with Crippen molar-refractivity contribution >= 4 is 5.82 Å². The maximum absolute atomic E-state index is 13.8. The minimum absolute atomic E-state index is 0.161. The number of hydrogen-bond acceptors (Lipinski definition) is 5. The Labute approximate surface area is 170 Å². The van der Waals surface area contributed by atoms with Gasteiger partial charge in [0.1, 0.15) is 11.4 Å². The lowest BCUT2D eigenvalue weighted by Crippen LogP contribution is -2.47. The Bertz CT molecular complexity index is 936. The van der Waals surface area contributed by atoms with Crippen LogP contribution in [0, 0.1) is 5.92 Å². The van der Waals surface area contributed by atoms with Crippen molar-refractivity contribution < 1.29 is 27.1 Å². The highest BCUT2D eigenvalue weighted by atomic mass is 19.4. The van der Waals surface area contributed by atoms with E-state index in [-0.39, 0.29) is 17.3 Å². The van der Waals surface area contributed by atoms with E-state index in [1.54, 1.807) is 0 Å². The Morgan fingerprint density at radius 2 is 1.83 bits per heavy atom. The molecule has 2 aliphatic heterocycles. The highest BCUT2D eigenvalue weighted by Gasteiger charge is 2.39. The van der Waals surface area contributed by atoms with Gasteiger partial charge in [0.15, 0.2) is 5.82 Å². The minimum atomic E-state index is -4.66. The molecule has 10 heteroatoms. The van der Waals surface area contributed by atoms with Crippen LogP contribution in [0.15, 0.2) is 24.3 Å². The van der Waals surface area contributed by atoms with Gasteiger partial charge in [-0.05, 0) is 56.6 Å². The maximum atomic E-state index is 13.8. The molecule has 0 spiro atoms. The number of phenolic OH excluding ortho intramolecular Hbond substituents is 1. The predicted molar refractivity (Wildman–Crippen MR) is 100 cm³/mol. The van der Waals surface area contributed by atoms with Crippen molar-refractivity contribution in [1.82, 2.24) is 15.1 Å². The average molecular weight is 428 g/mol. The Morgan fingerprint density at radius 1 is 1.10 bits per heavy atom. The summed E-state index contributed by atoms with van der Waals surface area (Å²) in [5.41, 5.74) is -2.08. The smallest absolute Gasteiger partial charge is 0.416 e. The first kappa shape index (κ1) is 20.8. The third kappa shape index (κ3) is 3.80. The van der Waals surface area contributed by atoms with Gasteiger partial charge in [-0.1, -0.05) is 0 Å². The van der Waals surface area contributed by atoms with Gasteiger partial charge < -0.3 is 14.9 Å². The molecule has 1 aromatic carbocycles. The molecule has 2 atom stereocenters. The summed E-state index contributed by atoms with van der Waals surface area (Å²) in [6.45, 7) is 2.48. The summed E-state index contributed by atoms with van der Waals surface area (Å²) in [6.07, 6.45) is -5.60. The number of likely N-dealkylation sites (tertiary alicyclic amines) is 1. The lowest BCUT2D eigenvalue weighted by Gasteiger charge is -2.37. The molecule has 0 radical (unpaired) electrons. The Kier molecular flexibility index (Phi) is 5.29. The highest BCUT2D eigenvalue weighted by Crippen LogP contribution is 2.40. The lowest BCUT2D eigenvalue weighted by atomic mass is 9.92. The number of halogens is 5. The van der Waals surface area contributed by atoms with Gasteiger partial charge in [-0.2, -0.15) is 13.2 Å². The molecule has 0 unspecified atom stereocenters. The van der Waals surface area contributed by atoms with E-state index in [2.05, 4.69) is 15.1 Å². The zero-order valence-corrected chi connectivity index (χ0v) is 16.2. The van der Waals surface area contributed by atoms with Crippen LogP contribution < -0.4 is 4.90 Å². The SMILES string of the molecule is CN1CC[C@H]2CCN(c3cc(C(F)F)c(-c4ccc(C(F)(F)F)cc4O)nn3)[C@H]2C1. The molecule has 0 aliphatic carbocycles. The molecule has 2 fully saturated rings. The predicted octanol–water partition coefficient (Wildman–Crippen LogP) is 4.34. The molecular formula is C20H21F5N4O. The zero-order chi connectivity index (χ0) is 21.6. The van der Waals surface area contributed by atoms with Crippen LogP contribution in [0.5, 0.6) is 5.75 Å². The summed E-state index contributed by atoms with van der Waals surface area (Å²) in [5.74, 6) is 0.0174. The van der Waals surface area contributed by atoms with Crippen molar-refractivity contribution in [3.63, 3.8) is 0 Å². The first-order valence-electron chi connectivity index (χ1n) is 9.66. The largest absolute Gasteiger partial charge is 0.507 e. The van der Waals surface area contributed by atoms with Gasteiger partial charge in [0.2, 0.25) is 0 Å². The number of piperidine rings is 1. The summed E-state index contributed by atoms with van der Waals surface area (Å²) in [5, 5.41) is 18.0. The van der Waals surface area contributed by atoms with Crippen molar-refractivity contribution in [2.45, 2.75) is 31.5 Å². The summed E-state index contributed by atoms with van der Waals surface area (Å²) in [7, 11) is 2.01.